The predicted molar refractivity (Wildman–Crippen MR) is 231 cm³/mol. The Morgan fingerprint density at radius 2 is 0.909 bits per heavy atom. The minimum atomic E-state index is 0.697. The molecule has 2 aromatic heterocycles. The summed E-state index contributed by atoms with van der Waals surface area (Å²) in [5.41, 5.74) is 10.7. The van der Waals surface area contributed by atoms with E-state index < -0.39 is 0 Å². The second-order valence-electron chi connectivity index (χ2n) is 14.1. The highest BCUT2D eigenvalue weighted by Gasteiger charge is 2.19. The number of hydrogen-bond donors (Lipinski definition) is 0. The first kappa shape index (κ1) is 31.2. The van der Waals surface area contributed by atoms with Gasteiger partial charge in [0.2, 0.25) is 0 Å². The van der Waals surface area contributed by atoms with Crippen molar-refractivity contribution < 1.29 is 0 Å². The van der Waals surface area contributed by atoms with Crippen LogP contribution in [0.2, 0.25) is 0 Å². The highest BCUT2D eigenvalue weighted by atomic mass is 15.0. The van der Waals surface area contributed by atoms with Crippen molar-refractivity contribution >= 4 is 54.1 Å². The average molecular weight is 700 g/mol. The highest BCUT2D eigenvalue weighted by molar-refractivity contribution is 6.21. The summed E-state index contributed by atoms with van der Waals surface area (Å²) in [6, 6.07) is 71.5. The molecule has 0 amide bonds. The van der Waals surface area contributed by atoms with Gasteiger partial charge in [-0.05, 0) is 79.8 Å². The summed E-state index contributed by atoms with van der Waals surface area (Å²) in [4.78, 5) is 10.5. The number of nitrogens with zero attached hydrogens (tertiary/aromatic N) is 3. The highest BCUT2D eigenvalue weighted by Crippen LogP contribution is 2.43. The van der Waals surface area contributed by atoms with Crippen LogP contribution in [-0.4, -0.2) is 14.5 Å². The van der Waals surface area contributed by atoms with Gasteiger partial charge in [0.15, 0.2) is 5.82 Å². The average Bonchev–Trinajstić information content (AvgIpc) is 3.60. The Kier molecular flexibility index (Phi) is 7.17. The number of para-hydroxylation sites is 2. The van der Waals surface area contributed by atoms with E-state index in [1.807, 2.05) is 18.2 Å². The fraction of sp³-hybridized carbons (Fsp3) is 0. The van der Waals surface area contributed by atoms with E-state index in [-0.39, 0.29) is 0 Å². The van der Waals surface area contributed by atoms with Crippen LogP contribution < -0.4 is 0 Å². The first-order valence-electron chi connectivity index (χ1n) is 18.7. The summed E-state index contributed by atoms with van der Waals surface area (Å²) >= 11 is 0. The van der Waals surface area contributed by atoms with E-state index in [2.05, 4.69) is 187 Å². The summed E-state index contributed by atoms with van der Waals surface area (Å²) in [6.45, 7) is 0. The zero-order valence-electron chi connectivity index (χ0n) is 29.9. The molecule has 2 heterocycles. The monoisotopic (exact) mass is 699 g/mol. The van der Waals surface area contributed by atoms with Gasteiger partial charge in [-0.25, -0.2) is 9.97 Å². The van der Waals surface area contributed by atoms with Crippen molar-refractivity contribution in [3.05, 3.63) is 200 Å². The van der Waals surface area contributed by atoms with Crippen molar-refractivity contribution in [3.8, 4) is 50.7 Å². The lowest BCUT2D eigenvalue weighted by Gasteiger charge is -2.17. The van der Waals surface area contributed by atoms with Gasteiger partial charge >= 0.3 is 0 Å². The van der Waals surface area contributed by atoms with Gasteiger partial charge in [-0.3, -0.25) is 0 Å². The molecule has 0 aliphatic carbocycles. The molecule has 0 aliphatic rings. The zero-order chi connectivity index (χ0) is 36.3. The molecule has 11 rings (SSSR count). The Bertz CT molecular complexity index is 3200. The molecular weight excluding hydrogens is 667 g/mol. The topological polar surface area (TPSA) is 30.7 Å². The molecule has 0 bridgehead atoms. The Morgan fingerprint density at radius 3 is 1.65 bits per heavy atom. The molecule has 0 fully saturated rings. The van der Waals surface area contributed by atoms with Crippen LogP contribution in [0.3, 0.4) is 0 Å². The summed E-state index contributed by atoms with van der Waals surface area (Å²) in [6.07, 6.45) is 0. The molecule has 0 unspecified atom stereocenters. The molecule has 55 heavy (non-hydrogen) atoms. The molecule has 3 heteroatoms. The third-order valence-electron chi connectivity index (χ3n) is 11.0. The minimum absolute atomic E-state index is 0.697. The van der Waals surface area contributed by atoms with Crippen molar-refractivity contribution in [2.45, 2.75) is 0 Å². The minimum Gasteiger partial charge on any atom is -0.309 e. The molecule has 0 atom stereocenters. The fourth-order valence-corrected chi connectivity index (χ4v) is 8.47. The van der Waals surface area contributed by atoms with Crippen LogP contribution in [0, 0.1) is 0 Å². The number of benzene rings is 9. The maximum atomic E-state index is 5.31. The van der Waals surface area contributed by atoms with E-state index >= 15 is 0 Å². The van der Waals surface area contributed by atoms with Crippen LogP contribution in [0.4, 0.5) is 0 Å². The van der Waals surface area contributed by atoms with E-state index in [9.17, 15) is 0 Å². The third kappa shape index (κ3) is 5.13. The maximum Gasteiger partial charge on any atom is 0.160 e. The lowest BCUT2D eigenvalue weighted by atomic mass is 9.87. The normalized spacial score (nSPS) is 11.6. The Balaban J connectivity index is 1.11. The van der Waals surface area contributed by atoms with Crippen LogP contribution in [0.5, 0.6) is 0 Å². The molecule has 11 aromatic rings. The summed E-state index contributed by atoms with van der Waals surface area (Å²) in [5.74, 6) is 0.697. The van der Waals surface area contributed by atoms with E-state index in [4.69, 9.17) is 9.97 Å². The molecular formula is C52H33N3. The molecule has 3 nitrogen and oxygen atoms in total. The lowest BCUT2D eigenvalue weighted by Crippen LogP contribution is -1.98. The number of fused-ring (bicyclic) bond motifs is 7. The van der Waals surface area contributed by atoms with Crippen molar-refractivity contribution in [1.82, 2.24) is 14.5 Å². The molecule has 0 spiro atoms. The Morgan fingerprint density at radius 1 is 0.327 bits per heavy atom. The molecule has 9 aromatic carbocycles. The van der Waals surface area contributed by atoms with E-state index in [0.717, 1.165) is 39.3 Å². The SMILES string of the molecule is c1ccc(-c2nc(-c3ccc(-n4c5ccccc5c5ccccc54)cc3)cc(-c3ccccc3-c3c4ccccc4cc4c3ccc3ccccc34)n2)cc1. The van der Waals surface area contributed by atoms with Gasteiger partial charge in [-0.1, -0.05) is 164 Å². The van der Waals surface area contributed by atoms with Crippen molar-refractivity contribution in [2.75, 3.05) is 0 Å². The van der Waals surface area contributed by atoms with Crippen molar-refractivity contribution in [2.24, 2.45) is 0 Å². The molecule has 256 valence electrons. The van der Waals surface area contributed by atoms with Gasteiger partial charge in [0.05, 0.1) is 22.4 Å². The maximum absolute atomic E-state index is 5.31. The summed E-state index contributed by atoms with van der Waals surface area (Å²) in [7, 11) is 0. The largest absolute Gasteiger partial charge is 0.309 e. The first-order chi connectivity index (χ1) is 27.3. The standard InChI is InChI=1S/C52H33N3/c1-2-15-36(16-3-1)52-53-47(35-26-29-38(30-27-35)55-49-24-12-10-21-42(49)43-22-11-13-25-50(43)55)33-48(54-52)41-20-8-9-23-44(41)51-40-19-7-5-17-37(40)32-46-39-18-6-4-14-34(39)28-31-45(46)51/h1-33H. The third-order valence-corrected chi connectivity index (χ3v) is 11.0. The van der Waals surface area contributed by atoms with Gasteiger partial charge in [-0.15, -0.1) is 0 Å². The second kappa shape index (κ2) is 12.6. The molecule has 0 aliphatic heterocycles. The van der Waals surface area contributed by atoms with Crippen molar-refractivity contribution in [1.29, 1.82) is 0 Å². The summed E-state index contributed by atoms with van der Waals surface area (Å²) < 4.78 is 2.35. The lowest BCUT2D eigenvalue weighted by molar-refractivity contribution is 1.17. The molecule has 0 radical (unpaired) electrons. The van der Waals surface area contributed by atoms with E-state index in [0.29, 0.717) is 5.82 Å². The van der Waals surface area contributed by atoms with Gasteiger partial charge in [-0.2, -0.15) is 0 Å². The molecule has 0 N–H and O–H groups in total. The first-order valence-corrected chi connectivity index (χ1v) is 18.7. The molecule has 0 saturated carbocycles. The number of aromatic nitrogens is 3. The quantitative estimate of drug-likeness (QED) is 0.132. The van der Waals surface area contributed by atoms with Crippen LogP contribution in [0.25, 0.3) is 105 Å². The van der Waals surface area contributed by atoms with Gasteiger partial charge in [0, 0.05) is 33.2 Å². The smallest absolute Gasteiger partial charge is 0.160 e. The van der Waals surface area contributed by atoms with Crippen LogP contribution >= 0.6 is 0 Å². The zero-order valence-corrected chi connectivity index (χ0v) is 29.9. The molecule has 0 saturated heterocycles. The van der Waals surface area contributed by atoms with Gasteiger partial charge < -0.3 is 4.57 Å². The van der Waals surface area contributed by atoms with E-state index in [1.54, 1.807) is 0 Å². The Hall–Kier alpha value is -7.36. The number of hydrogen-bond acceptors (Lipinski definition) is 2. The van der Waals surface area contributed by atoms with Gasteiger partial charge in [0.1, 0.15) is 0 Å². The van der Waals surface area contributed by atoms with Gasteiger partial charge in [0.25, 0.3) is 0 Å². The fourth-order valence-electron chi connectivity index (χ4n) is 8.47. The number of rotatable bonds is 5. The predicted octanol–water partition coefficient (Wildman–Crippen LogP) is 13.7. The van der Waals surface area contributed by atoms with Crippen LogP contribution in [-0.2, 0) is 0 Å². The van der Waals surface area contributed by atoms with Crippen LogP contribution in [0.1, 0.15) is 0 Å². The summed E-state index contributed by atoms with van der Waals surface area (Å²) in [5, 5.41) is 9.90. The van der Waals surface area contributed by atoms with Crippen LogP contribution in [0.15, 0.2) is 200 Å². The Labute approximate surface area is 318 Å². The van der Waals surface area contributed by atoms with Crippen molar-refractivity contribution in [3.63, 3.8) is 0 Å². The van der Waals surface area contributed by atoms with E-state index in [1.165, 1.54) is 59.7 Å². The second-order valence-corrected chi connectivity index (χ2v) is 14.1.